The number of rotatable bonds is 7. The molecule has 0 amide bonds. The standard InChI is InChI=1S/C15H16N4O4S/c16-24(22,23)14-7-5-13(6-8-14)19-18-12-3-1-11(2-4-12)17-10-9-15(20)21/h1-8,17H,9-10H2,(H,20,21)(H2,16,22,23). The fraction of sp³-hybridized carbons (Fsp3) is 0.133. The van der Waals surface area contributed by atoms with Gasteiger partial charge in [0, 0.05) is 12.2 Å². The van der Waals surface area contributed by atoms with Crippen LogP contribution >= 0.6 is 0 Å². The molecule has 2 aromatic carbocycles. The van der Waals surface area contributed by atoms with E-state index in [-0.39, 0.29) is 11.3 Å². The number of carboxylic acid groups (broad SMARTS) is 1. The Balaban J connectivity index is 1.98. The summed E-state index contributed by atoms with van der Waals surface area (Å²) < 4.78 is 22.3. The normalized spacial score (nSPS) is 11.5. The molecule has 2 rings (SSSR count). The van der Waals surface area contributed by atoms with Gasteiger partial charge in [0.05, 0.1) is 22.7 Å². The van der Waals surface area contributed by atoms with Crippen molar-refractivity contribution in [3.8, 4) is 0 Å². The Labute approximate surface area is 139 Å². The first-order valence-corrected chi connectivity index (χ1v) is 8.49. The van der Waals surface area contributed by atoms with Crippen molar-refractivity contribution in [3.05, 3.63) is 48.5 Å². The molecule has 0 spiro atoms. The molecule has 0 aliphatic heterocycles. The first kappa shape index (κ1) is 17.6. The minimum atomic E-state index is -3.72. The van der Waals surface area contributed by atoms with Crippen LogP contribution in [-0.2, 0) is 14.8 Å². The number of carboxylic acids is 1. The van der Waals surface area contributed by atoms with Gasteiger partial charge < -0.3 is 10.4 Å². The van der Waals surface area contributed by atoms with Crippen LogP contribution in [0.25, 0.3) is 0 Å². The van der Waals surface area contributed by atoms with Gasteiger partial charge >= 0.3 is 5.97 Å². The highest BCUT2D eigenvalue weighted by molar-refractivity contribution is 7.89. The van der Waals surface area contributed by atoms with E-state index in [0.717, 1.165) is 5.69 Å². The fourth-order valence-corrected chi connectivity index (χ4v) is 2.29. The first-order valence-electron chi connectivity index (χ1n) is 6.95. The van der Waals surface area contributed by atoms with Gasteiger partial charge in [0.2, 0.25) is 10.0 Å². The molecule has 0 bridgehead atoms. The Morgan fingerprint density at radius 1 is 1.00 bits per heavy atom. The molecule has 4 N–H and O–H groups in total. The predicted molar refractivity (Wildman–Crippen MR) is 89.2 cm³/mol. The van der Waals surface area contributed by atoms with Gasteiger partial charge in [0.25, 0.3) is 0 Å². The third kappa shape index (κ3) is 5.45. The van der Waals surface area contributed by atoms with Gasteiger partial charge in [-0.25, -0.2) is 13.6 Å². The van der Waals surface area contributed by atoms with Crippen molar-refractivity contribution in [1.29, 1.82) is 0 Å². The first-order chi connectivity index (χ1) is 11.3. The number of anilines is 1. The van der Waals surface area contributed by atoms with Crippen molar-refractivity contribution in [1.82, 2.24) is 0 Å². The Morgan fingerprint density at radius 2 is 1.50 bits per heavy atom. The topological polar surface area (TPSA) is 134 Å². The average Bonchev–Trinajstić information content (AvgIpc) is 2.53. The van der Waals surface area contributed by atoms with Gasteiger partial charge in [-0.15, -0.1) is 0 Å². The minimum absolute atomic E-state index is 0.0123. The molecule has 0 aromatic heterocycles. The van der Waals surface area contributed by atoms with Gasteiger partial charge in [-0.1, -0.05) is 0 Å². The molecular formula is C15H16N4O4S. The summed E-state index contributed by atoms with van der Waals surface area (Å²) in [5, 5.41) is 24.6. The van der Waals surface area contributed by atoms with Crippen LogP contribution in [0.1, 0.15) is 6.42 Å². The number of benzene rings is 2. The van der Waals surface area contributed by atoms with Gasteiger partial charge in [-0.3, -0.25) is 4.79 Å². The quantitative estimate of drug-likeness (QED) is 0.661. The highest BCUT2D eigenvalue weighted by Crippen LogP contribution is 2.21. The summed E-state index contributed by atoms with van der Waals surface area (Å²) in [6.45, 7) is 0.340. The van der Waals surface area contributed by atoms with Gasteiger partial charge in [0.1, 0.15) is 0 Å². The van der Waals surface area contributed by atoms with E-state index < -0.39 is 16.0 Å². The van der Waals surface area contributed by atoms with Crippen molar-refractivity contribution in [2.45, 2.75) is 11.3 Å². The number of primary sulfonamides is 1. The van der Waals surface area contributed by atoms with Crippen LogP contribution in [-0.4, -0.2) is 26.0 Å². The smallest absolute Gasteiger partial charge is 0.305 e. The molecule has 0 fully saturated rings. The molecule has 2 aromatic rings. The summed E-state index contributed by atoms with van der Waals surface area (Å²) in [5.74, 6) is -0.860. The second-order valence-corrected chi connectivity index (χ2v) is 6.42. The van der Waals surface area contributed by atoms with Crippen LogP contribution in [0.5, 0.6) is 0 Å². The zero-order valence-corrected chi connectivity index (χ0v) is 13.4. The van der Waals surface area contributed by atoms with E-state index in [1.807, 2.05) is 0 Å². The summed E-state index contributed by atoms with van der Waals surface area (Å²) in [6, 6.07) is 12.7. The summed E-state index contributed by atoms with van der Waals surface area (Å²) in [6.07, 6.45) is 0.0377. The van der Waals surface area contributed by atoms with Gasteiger partial charge in [-0.2, -0.15) is 10.2 Å². The summed E-state index contributed by atoms with van der Waals surface area (Å²) in [5.41, 5.74) is 1.88. The highest BCUT2D eigenvalue weighted by Gasteiger charge is 2.06. The Kier molecular flexibility index (Phi) is 5.61. The lowest BCUT2D eigenvalue weighted by Crippen LogP contribution is -2.11. The third-order valence-corrected chi connectivity index (χ3v) is 3.91. The number of hydrogen-bond acceptors (Lipinski definition) is 6. The molecule has 0 radical (unpaired) electrons. The molecule has 9 heteroatoms. The molecule has 0 aliphatic carbocycles. The van der Waals surface area contributed by atoms with E-state index in [9.17, 15) is 13.2 Å². The second kappa shape index (κ2) is 7.66. The highest BCUT2D eigenvalue weighted by atomic mass is 32.2. The van der Waals surface area contributed by atoms with E-state index >= 15 is 0 Å². The molecule has 0 unspecified atom stereocenters. The van der Waals surface area contributed by atoms with Gasteiger partial charge in [0.15, 0.2) is 0 Å². The Hall–Kier alpha value is -2.78. The number of hydrogen-bond donors (Lipinski definition) is 3. The number of carbonyl (C=O) groups is 1. The van der Waals surface area contributed by atoms with Crippen LogP contribution in [0.4, 0.5) is 17.1 Å². The summed E-state index contributed by atoms with van der Waals surface area (Å²) in [7, 11) is -3.72. The van der Waals surface area contributed by atoms with Crippen molar-refractivity contribution >= 4 is 33.1 Å². The molecule has 0 saturated carbocycles. The monoisotopic (exact) mass is 348 g/mol. The second-order valence-electron chi connectivity index (χ2n) is 4.86. The van der Waals surface area contributed by atoms with Crippen molar-refractivity contribution in [3.63, 3.8) is 0 Å². The molecule has 8 nitrogen and oxygen atoms in total. The molecule has 24 heavy (non-hydrogen) atoms. The number of azo groups is 1. The van der Waals surface area contributed by atoms with Crippen molar-refractivity contribution in [2.24, 2.45) is 15.4 Å². The Bertz CT molecular complexity index is 831. The minimum Gasteiger partial charge on any atom is -0.481 e. The fourth-order valence-electron chi connectivity index (χ4n) is 1.78. The largest absolute Gasteiger partial charge is 0.481 e. The maximum absolute atomic E-state index is 11.2. The maximum Gasteiger partial charge on any atom is 0.305 e. The van der Waals surface area contributed by atoms with Crippen LogP contribution in [0.15, 0.2) is 63.7 Å². The summed E-state index contributed by atoms with van der Waals surface area (Å²) >= 11 is 0. The molecule has 0 heterocycles. The molecular weight excluding hydrogens is 332 g/mol. The number of nitrogens with one attached hydrogen (secondary N) is 1. The summed E-state index contributed by atoms with van der Waals surface area (Å²) in [4.78, 5) is 10.4. The number of sulfonamides is 1. The van der Waals surface area contributed by atoms with E-state index in [1.54, 1.807) is 24.3 Å². The molecule has 0 saturated heterocycles. The van der Waals surface area contributed by atoms with Crippen LogP contribution < -0.4 is 10.5 Å². The number of aliphatic carboxylic acids is 1. The molecule has 0 aliphatic rings. The molecule has 126 valence electrons. The van der Waals surface area contributed by atoms with E-state index in [4.69, 9.17) is 10.2 Å². The Morgan fingerprint density at radius 3 is 1.96 bits per heavy atom. The van der Waals surface area contributed by atoms with Crippen LogP contribution in [0.2, 0.25) is 0 Å². The van der Waals surface area contributed by atoms with Crippen molar-refractivity contribution in [2.75, 3.05) is 11.9 Å². The lowest BCUT2D eigenvalue weighted by atomic mass is 10.3. The average molecular weight is 348 g/mol. The number of nitrogens with two attached hydrogens (primary N) is 1. The van der Waals surface area contributed by atoms with Crippen LogP contribution in [0, 0.1) is 0 Å². The lowest BCUT2D eigenvalue weighted by Gasteiger charge is -2.04. The zero-order chi connectivity index (χ0) is 17.6. The third-order valence-electron chi connectivity index (χ3n) is 2.98. The van der Waals surface area contributed by atoms with E-state index in [2.05, 4.69) is 15.5 Å². The lowest BCUT2D eigenvalue weighted by molar-refractivity contribution is -0.136. The van der Waals surface area contributed by atoms with Crippen LogP contribution in [0.3, 0.4) is 0 Å². The number of nitrogens with zero attached hydrogens (tertiary/aromatic N) is 2. The molecule has 0 atom stereocenters. The SMILES string of the molecule is NS(=O)(=O)c1ccc(N=Nc2ccc(NCCC(=O)O)cc2)cc1. The van der Waals surface area contributed by atoms with E-state index in [1.165, 1.54) is 24.3 Å². The van der Waals surface area contributed by atoms with Gasteiger partial charge in [-0.05, 0) is 48.5 Å². The van der Waals surface area contributed by atoms with E-state index in [0.29, 0.717) is 17.9 Å². The van der Waals surface area contributed by atoms with Crippen molar-refractivity contribution < 1.29 is 18.3 Å². The zero-order valence-electron chi connectivity index (χ0n) is 12.6. The predicted octanol–water partition coefficient (Wildman–Crippen LogP) is 2.64. The maximum atomic E-state index is 11.2.